The maximum Gasteiger partial charge on any atom is 0.413 e. The predicted octanol–water partition coefficient (Wildman–Crippen LogP) is 1.19. The summed E-state index contributed by atoms with van der Waals surface area (Å²) in [5, 5.41) is 11.4. The van der Waals surface area contributed by atoms with Crippen LogP contribution in [0.1, 0.15) is 5.69 Å². The Morgan fingerprint density at radius 2 is 2.10 bits per heavy atom. The first-order valence-electron chi connectivity index (χ1n) is 5.88. The van der Waals surface area contributed by atoms with Gasteiger partial charge >= 0.3 is 12.1 Å². The van der Waals surface area contributed by atoms with Crippen LogP contribution in [0.2, 0.25) is 0 Å². The number of carboxylic acids is 1. The van der Waals surface area contributed by atoms with Crippen LogP contribution in [0.3, 0.4) is 0 Å². The number of rotatable bonds is 5. The van der Waals surface area contributed by atoms with Crippen molar-refractivity contribution >= 4 is 12.1 Å². The molecule has 0 spiro atoms. The monoisotopic (exact) mass is 275 g/mol. The summed E-state index contributed by atoms with van der Waals surface area (Å²) >= 11 is 0. The van der Waals surface area contributed by atoms with E-state index in [1.165, 1.54) is 12.5 Å². The molecule has 0 saturated carbocycles. The Morgan fingerprint density at radius 1 is 1.35 bits per heavy atom. The number of imidazole rings is 1. The van der Waals surface area contributed by atoms with E-state index in [1.54, 1.807) is 30.3 Å². The van der Waals surface area contributed by atoms with Gasteiger partial charge in [0.2, 0.25) is 0 Å². The van der Waals surface area contributed by atoms with Gasteiger partial charge in [-0.1, -0.05) is 18.2 Å². The number of aromatic nitrogens is 2. The zero-order valence-corrected chi connectivity index (χ0v) is 10.4. The molecule has 1 aromatic carbocycles. The van der Waals surface area contributed by atoms with Gasteiger partial charge in [0.1, 0.15) is 11.8 Å². The number of nitrogens with one attached hydrogen (secondary N) is 2. The lowest BCUT2D eigenvalue weighted by molar-refractivity contribution is -0.139. The first-order chi connectivity index (χ1) is 9.65. The van der Waals surface area contributed by atoms with Crippen molar-refractivity contribution in [3.05, 3.63) is 48.5 Å². The van der Waals surface area contributed by atoms with Gasteiger partial charge in [0.05, 0.1) is 6.33 Å². The summed E-state index contributed by atoms with van der Waals surface area (Å²) in [6, 6.07) is 7.31. The number of hydrogen-bond acceptors (Lipinski definition) is 4. The molecule has 0 fully saturated rings. The highest BCUT2D eigenvalue weighted by atomic mass is 16.6. The van der Waals surface area contributed by atoms with Crippen LogP contribution in [-0.2, 0) is 11.2 Å². The summed E-state index contributed by atoms with van der Waals surface area (Å²) in [7, 11) is 0. The second-order valence-electron chi connectivity index (χ2n) is 4.02. The SMILES string of the molecule is O=C(N[C@H](Cc1cnc[nH]1)C(=O)O)Oc1ccccc1. The molecule has 2 rings (SSSR count). The van der Waals surface area contributed by atoms with E-state index in [0.717, 1.165) is 0 Å². The molecular weight excluding hydrogens is 262 g/mol. The summed E-state index contributed by atoms with van der Waals surface area (Å²) in [4.78, 5) is 29.3. The van der Waals surface area contributed by atoms with Crippen molar-refractivity contribution in [2.75, 3.05) is 0 Å². The van der Waals surface area contributed by atoms with Crippen LogP contribution in [0.4, 0.5) is 4.79 Å². The zero-order chi connectivity index (χ0) is 14.4. The quantitative estimate of drug-likeness (QED) is 0.760. The zero-order valence-electron chi connectivity index (χ0n) is 10.4. The fourth-order valence-corrected chi connectivity index (χ4v) is 1.58. The van der Waals surface area contributed by atoms with Crippen LogP contribution in [0.5, 0.6) is 5.75 Å². The second kappa shape index (κ2) is 6.37. The average molecular weight is 275 g/mol. The molecule has 0 aliphatic carbocycles. The van der Waals surface area contributed by atoms with Crippen molar-refractivity contribution in [3.8, 4) is 5.75 Å². The van der Waals surface area contributed by atoms with Gasteiger partial charge in [-0.3, -0.25) is 0 Å². The minimum Gasteiger partial charge on any atom is -0.480 e. The highest BCUT2D eigenvalue weighted by Gasteiger charge is 2.22. The molecule has 1 atom stereocenters. The van der Waals surface area contributed by atoms with Crippen LogP contribution in [0.25, 0.3) is 0 Å². The number of benzene rings is 1. The molecule has 0 saturated heterocycles. The fourth-order valence-electron chi connectivity index (χ4n) is 1.58. The standard InChI is InChI=1S/C13H13N3O4/c17-12(18)11(6-9-7-14-8-15-9)16-13(19)20-10-4-2-1-3-5-10/h1-5,7-8,11H,6H2,(H,14,15)(H,16,19)(H,17,18)/t11-/m1/s1. The van der Waals surface area contributed by atoms with Crippen molar-refractivity contribution in [3.63, 3.8) is 0 Å². The number of ether oxygens (including phenoxy) is 1. The number of nitrogens with zero attached hydrogens (tertiary/aromatic N) is 1. The number of amides is 1. The highest BCUT2D eigenvalue weighted by Crippen LogP contribution is 2.08. The lowest BCUT2D eigenvalue weighted by Gasteiger charge is -2.13. The number of hydrogen-bond donors (Lipinski definition) is 3. The number of carbonyl (C=O) groups is 2. The van der Waals surface area contributed by atoms with Gasteiger partial charge in [0.25, 0.3) is 0 Å². The first kappa shape index (κ1) is 13.6. The Bertz CT molecular complexity index is 569. The Balaban J connectivity index is 1.94. The number of aliphatic carboxylic acids is 1. The topological polar surface area (TPSA) is 104 Å². The summed E-state index contributed by atoms with van der Waals surface area (Å²) in [6.07, 6.45) is 2.22. The number of para-hydroxylation sites is 1. The molecule has 7 heteroatoms. The van der Waals surface area contributed by atoms with Gasteiger partial charge in [-0.05, 0) is 12.1 Å². The van der Waals surface area contributed by atoms with Gasteiger partial charge < -0.3 is 20.1 Å². The van der Waals surface area contributed by atoms with Crippen molar-refractivity contribution < 1.29 is 19.4 Å². The van der Waals surface area contributed by atoms with Crippen LogP contribution >= 0.6 is 0 Å². The minimum absolute atomic E-state index is 0.0965. The number of carbonyl (C=O) groups excluding carboxylic acids is 1. The summed E-state index contributed by atoms with van der Waals surface area (Å²) in [5.41, 5.74) is 0.609. The minimum atomic E-state index is -1.15. The van der Waals surface area contributed by atoms with E-state index in [4.69, 9.17) is 9.84 Å². The van der Waals surface area contributed by atoms with Gasteiger partial charge in [-0.2, -0.15) is 0 Å². The molecule has 3 N–H and O–H groups in total. The van der Waals surface area contributed by atoms with E-state index >= 15 is 0 Å². The molecule has 1 heterocycles. The average Bonchev–Trinajstić information content (AvgIpc) is 2.92. The molecule has 0 radical (unpaired) electrons. The van der Waals surface area contributed by atoms with Gasteiger partial charge in [0.15, 0.2) is 0 Å². The Kier molecular flexibility index (Phi) is 4.33. The summed E-state index contributed by atoms with van der Waals surface area (Å²) in [6.45, 7) is 0. The number of aromatic amines is 1. The molecule has 0 aliphatic heterocycles. The third kappa shape index (κ3) is 3.84. The molecule has 1 amide bonds. The maximum atomic E-state index is 11.6. The molecule has 1 aromatic heterocycles. The Hall–Kier alpha value is -2.83. The van der Waals surface area contributed by atoms with Crippen LogP contribution < -0.4 is 10.1 Å². The van der Waals surface area contributed by atoms with Crippen LogP contribution in [-0.4, -0.2) is 33.2 Å². The van der Waals surface area contributed by atoms with E-state index in [9.17, 15) is 9.59 Å². The van der Waals surface area contributed by atoms with Crippen molar-refractivity contribution in [1.29, 1.82) is 0 Å². The van der Waals surface area contributed by atoms with E-state index in [2.05, 4.69) is 15.3 Å². The summed E-state index contributed by atoms with van der Waals surface area (Å²) < 4.78 is 4.98. The van der Waals surface area contributed by atoms with Gasteiger partial charge in [-0.15, -0.1) is 0 Å². The highest BCUT2D eigenvalue weighted by molar-refractivity contribution is 5.81. The third-order valence-electron chi connectivity index (χ3n) is 2.52. The molecule has 0 unspecified atom stereocenters. The molecule has 7 nitrogen and oxygen atoms in total. The molecular formula is C13H13N3O4. The number of H-pyrrole nitrogens is 1. The normalized spacial score (nSPS) is 11.6. The number of carboxylic acid groups (broad SMARTS) is 1. The second-order valence-corrected chi connectivity index (χ2v) is 4.02. The van der Waals surface area contributed by atoms with Crippen molar-refractivity contribution in [2.45, 2.75) is 12.5 Å². The van der Waals surface area contributed by atoms with Crippen LogP contribution in [0.15, 0.2) is 42.9 Å². The molecule has 0 bridgehead atoms. The lowest BCUT2D eigenvalue weighted by Crippen LogP contribution is -2.43. The largest absolute Gasteiger partial charge is 0.480 e. The summed E-state index contributed by atoms with van der Waals surface area (Å²) in [5.74, 6) is -0.805. The molecule has 104 valence electrons. The molecule has 20 heavy (non-hydrogen) atoms. The van der Waals surface area contributed by atoms with Crippen molar-refractivity contribution in [2.24, 2.45) is 0 Å². The Labute approximate surface area is 114 Å². The third-order valence-corrected chi connectivity index (χ3v) is 2.52. The molecule has 2 aromatic rings. The van der Waals surface area contributed by atoms with Crippen molar-refractivity contribution in [1.82, 2.24) is 15.3 Å². The van der Waals surface area contributed by atoms with Gasteiger partial charge in [-0.25, -0.2) is 14.6 Å². The molecule has 0 aliphatic rings. The van der Waals surface area contributed by atoms with Crippen LogP contribution in [0, 0.1) is 0 Å². The predicted molar refractivity (Wildman–Crippen MR) is 69.3 cm³/mol. The fraction of sp³-hybridized carbons (Fsp3) is 0.154. The lowest BCUT2D eigenvalue weighted by atomic mass is 10.2. The van der Waals surface area contributed by atoms with E-state index in [1.807, 2.05) is 0 Å². The smallest absolute Gasteiger partial charge is 0.413 e. The van der Waals surface area contributed by atoms with E-state index < -0.39 is 18.1 Å². The first-order valence-corrected chi connectivity index (χ1v) is 5.88. The maximum absolute atomic E-state index is 11.6. The van der Waals surface area contributed by atoms with E-state index in [0.29, 0.717) is 11.4 Å². The Morgan fingerprint density at radius 3 is 2.70 bits per heavy atom. The van der Waals surface area contributed by atoms with Gasteiger partial charge in [0, 0.05) is 18.3 Å². The van der Waals surface area contributed by atoms with E-state index in [-0.39, 0.29) is 6.42 Å².